The van der Waals surface area contributed by atoms with Crippen LogP contribution in [-0.4, -0.2) is 53.3 Å². The monoisotopic (exact) mass is 445 g/mol. The number of amides is 2. The molecular formula is C27H31N3O3. The van der Waals surface area contributed by atoms with E-state index in [0.717, 1.165) is 24.9 Å². The SMILES string of the molecule is CCCCN(C)C(=O)C1CCN(C(=O)c2ccccc2-c2ncc(-c3ccccc3)o2)CC1. The van der Waals surface area contributed by atoms with Gasteiger partial charge < -0.3 is 14.2 Å². The number of carbonyl (C=O) groups excluding carboxylic acids is 2. The van der Waals surface area contributed by atoms with E-state index in [1.165, 1.54) is 0 Å². The first-order valence-corrected chi connectivity index (χ1v) is 11.7. The van der Waals surface area contributed by atoms with Crippen molar-refractivity contribution in [1.29, 1.82) is 0 Å². The van der Waals surface area contributed by atoms with Crippen molar-refractivity contribution in [3.05, 3.63) is 66.4 Å². The van der Waals surface area contributed by atoms with Crippen LogP contribution >= 0.6 is 0 Å². The second-order valence-electron chi connectivity index (χ2n) is 8.62. The van der Waals surface area contributed by atoms with Crippen molar-refractivity contribution in [1.82, 2.24) is 14.8 Å². The molecule has 33 heavy (non-hydrogen) atoms. The van der Waals surface area contributed by atoms with Crippen LogP contribution in [0.2, 0.25) is 0 Å². The van der Waals surface area contributed by atoms with Gasteiger partial charge in [0.05, 0.1) is 11.8 Å². The Morgan fingerprint density at radius 1 is 1.06 bits per heavy atom. The fraction of sp³-hybridized carbons (Fsp3) is 0.370. The van der Waals surface area contributed by atoms with Gasteiger partial charge in [-0.25, -0.2) is 4.98 Å². The van der Waals surface area contributed by atoms with Gasteiger partial charge in [-0.05, 0) is 31.4 Å². The van der Waals surface area contributed by atoms with Crippen LogP contribution in [0.1, 0.15) is 43.0 Å². The van der Waals surface area contributed by atoms with Gasteiger partial charge in [0.15, 0.2) is 5.76 Å². The van der Waals surface area contributed by atoms with Gasteiger partial charge in [-0.1, -0.05) is 55.8 Å². The first-order chi connectivity index (χ1) is 16.1. The lowest BCUT2D eigenvalue weighted by molar-refractivity contribution is -0.135. The highest BCUT2D eigenvalue weighted by Crippen LogP contribution is 2.30. The van der Waals surface area contributed by atoms with Crippen molar-refractivity contribution >= 4 is 11.8 Å². The third kappa shape index (κ3) is 5.16. The predicted octanol–water partition coefficient (Wildman–Crippen LogP) is 5.12. The van der Waals surface area contributed by atoms with Gasteiger partial charge in [0.2, 0.25) is 11.8 Å². The summed E-state index contributed by atoms with van der Waals surface area (Å²) >= 11 is 0. The minimum Gasteiger partial charge on any atom is -0.436 e. The summed E-state index contributed by atoms with van der Waals surface area (Å²) in [5, 5.41) is 0. The Balaban J connectivity index is 1.45. The molecule has 172 valence electrons. The maximum atomic E-state index is 13.4. The smallest absolute Gasteiger partial charge is 0.254 e. The molecule has 0 radical (unpaired) electrons. The summed E-state index contributed by atoms with van der Waals surface area (Å²) in [4.78, 5) is 34.2. The summed E-state index contributed by atoms with van der Waals surface area (Å²) in [5.41, 5.74) is 2.20. The van der Waals surface area contributed by atoms with Crippen LogP contribution in [0.4, 0.5) is 0 Å². The molecule has 3 aromatic rings. The highest BCUT2D eigenvalue weighted by atomic mass is 16.4. The second-order valence-corrected chi connectivity index (χ2v) is 8.62. The number of unbranched alkanes of at least 4 members (excludes halogenated alkanes) is 1. The number of nitrogens with zero attached hydrogens (tertiary/aromatic N) is 3. The molecule has 0 unspecified atom stereocenters. The molecule has 1 saturated heterocycles. The van der Waals surface area contributed by atoms with Crippen molar-refractivity contribution in [3.63, 3.8) is 0 Å². The summed E-state index contributed by atoms with van der Waals surface area (Å²) in [5.74, 6) is 1.24. The average molecular weight is 446 g/mol. The van der Waals surface area contributed by atoms with E-state index in [1.807, 2.05) is 71.4 Å². The number of carbonyl (C=O) groups is 2. The number of piperidine rings is 1. The zero-order valence-corrected chi connectivity index (χ0v) is 19.4. The molecule has 0 bridgehead atoms. The van der Waals surface area contributed by atoms with Gasteiger partial charge in [-0.3, -0.25) is 9.59 Å². The average Bonchev–Trinajstić information content (AvgIpc) is 3.37. The van der Waals surface area contributed by atoms with Gasteiger partial charge >= 0.3 is 0 Å². The molecule has 6 nitrogen and oxygen atoms in total. The van der Waals surface area contributed by atoms with E-state index in [0.29, 0.717) is 48.7 Å². The minimum absolute atomic E-state index is 0.00804. The first-order valence-electron chi connectivity index (χ1n) is 11.7. The number of hydrogen-bond donors (Lipinski definition) is 0. The topological polar surface area (TPSA) is 66.7 Å². The number of aromatic nitrogens is 1. The van der Waals surface area contributed by atoms with Crippen LogP contribution in [0.15, 0.2) is 65.2 Å². The van der Waals surface area contributed by atoms with Gasteiger partial charge in [-0.2, -0.15) is 0 Å². The van der Waals surface area contributed by atoms with Crippen molar-refractivity contribution in [2.45, 2.75) is 32.6 Å². The molecular weight excluding hydrogens is 414 g/mol. The van der Waals surface area contributed by atoms with Crippen molar-refractivity contribution in [2.24, 2.45) is 5.92 Å². The highest BCUT2D eigenvalue weighted by molar-refractivity contribution is 6.00. The number of oxazole rings is 1. The van der Waals surface area contributed by atoms with Gasteiger partial charge in [-0.15, -0.1) is 0 Å². The molecule has 2 heterocycles. The van der Waals surface area contributed by atoms with E-state index < -0.39 is 0 Å². The zero-order chi connectivity index (χ0) is 23.2. The van der Waals surface area contributed by atoms with Gasteiger partial charge in [0.1, 0.15) is 0 Å². The fourth-order valence-electron chi connectivity index (χ4n) is 4.31. The summed E-state index contributed by atoms with van der Waals surface area (Å²) in [6, 6.07) is 17.2. The molecule has 0 saturated carbocycles. The molecule has 1 aromatic heterocycles. The standard InChI is InChI=1S/C27H31N3O3/c1-3-4-16-29(2)26(31)21-14-17-30(18-15-21)27(32)23-13-9-8-12-22(23)25-28-19-24(33-25)20-10-6-5-7-11-20/h5-13,19,21H,3-4,14-18H2,1-2H3. The molecule has 4 rings (SSSR count). The van der Waals surface area contributed by atoms with E-state index in [-0.39, 0.29) is 17.7 Å². The molecule has 0 aliphatic carbocycles. The Kier molecular flexibility index (Phi) is 7.23. The molecule has 2 amide bonds. The van der Waals surface area contributed by atoms with Crippen LogP contribution in [0.5, 0.6) is 0 Å². The molecule has 1 aliphatic heterocycles. The van der Waals surface area contributed by atoms with E-state index in [4.69, 9.17) is 4.42 Å². The van der Waals surface area contributed by atoms with Crippen molar-refractivity contribution in [3.8, 4) is 22.8 Å². The van der Waals surface area contributed by atoms with E-state index in [9.17, 15) is 9.59 Å². The number of benzene rings is 2. The zero-order valence-electron chi connectivity index (χ0n) is 19.4. The molecule has 0 atom stereocenters. The van der Waals surface area contributed by atoms with Crippen LogP contribution in [0.3, 0.4) is 0 Å². The second kappa shape index (κ2) is 10.5. The van der Waals surface area contributed by atoms with Crippen LogP contribution in [0, 0.1) is 5.92 Å². The largest absolute Gasteiger partial charge is 0.436 e. The minimum atomic E-state index is -0.0460. The Bertz CT molecular complexity index is 1080. The molecule has 2 aromatic carbocycles. The highest BCUT2D eigenvalue weighted by Gasteiger charge is 2.30. The number of likely N-dealkylation sites (tertiary alicyclic amines) is 1. The van der Waals surface area contributed by atoms with Crippen LogP contribution in [-0.2, 0) is 4.79 Å². The molecule has 1 fully saturated rings. The Morgan fingerprint density at radius 3 is 2.48 bits per heavy atom. The lowest BCUT2D eigenvalue weighted by atomic mass is 9.94. The summed E-state index contributed by atoms with van der Waals surface area (Å²) < 4.78 is 6.01. The van der Waals surface area contributed by atoms with Crippen LogP contribution in [0.25, 0.3) is 22.8 Å². The number of rotatable bonds is 7. The Morgan fingerprint density at radius 2 is 1.76 bits per heavy atom. The third-order valence-corrected chi connectivity index (χ3v) is 6.31. The van der Waals surface area contributed by atoms with E-state index in [2.05, 4.69) is 11.9 Å². The fourth-order valence-corrected chi connectivity index (χ4v) is 4.31. The molecule has 0 spiro atoms. The summed E-state index contributed by atoms with van der Waals surface area (Å²) in [6.07, 6.45) is 5.17. The van der Waals surface area contributed by atoms with Crippen molar-refractivity contribution < 1.29 is 14.0 Å². The Hall–Kier alpha value is -3.41. The third-order valence-electron chi connectivity index (χ3n) is 6.31. The maximum absolute atomic E-state index is 13.4. The summed E-state index contributed by atoms with van der Waals surface area (Å²) in [6.45, 7) is 4.07. The number of hydrogen-bond acceptors (Lipinski definition) is 4. The predicted molar refractivity (Wildman–Crippen MR) is 129 cm³/mol. The molecule has 1 aliphatic rings. The van der Waals surface area contributed by atoms with E-state index >= 15 is 0 Å². The van der Waals surface area contributed by atoms with Gasteiger partial charge in [0, 0.05) is 43.7 Å². The van der Waals surface area contributed by atoms with Crippen molar-refractivity contribution in [2.75, 3.05) is 26.7 Å². The first kappa shape index (κ1) is 22.8. The Labute approximate surface area is 195 Å². The lowest BCUT2D eigenvalue weighted by Crippen LogP contribution is -2.43. The quantitative estimate of drug-likeness (QED) is 0.506. The van der Waals surface area contributed by atoms with E-state index in [1.54, 1.807) is 6.20 Å². The summed E-state index contributed by atoms with van der Waals surface area (Å²) in [7, 11) is 1.88. The molecule has 0 N–H and O–H groups in total. The normalized spacial score (nSPS) is 14.3. The van der Waals surface area contributed by atoms with Crippen LogP contribution < -0.4 is 0 Å². The van der Waals surface area contributed by atoms with Gasteiger partial charge in [0.25, 0.3) is 5.91 Å². The molecule has 6 heteroatoms. The maximum Gasteiger partial charge on any atom is 0.254 e. The lowest BCUT2D eigenvalue weighted by Gasteiger charge is -2.33.